The van der Waals surface area contributed by atoms with Gasteiger partial charge in [-0.1, -0.05) is 11.6 Å². The molecule has 0 aliphatic rings. The first-order chi connectivity index (χ1) is 14.9. The van der Waals surface area contributed by atoms with Crippen molar-refractivity contribution in [3.8, 4) is 5.75 Å². The summed E-state index contributed by atoms with van der Waals surface area (Å²) in [7, 11) is 0. The molecule has 3 rings (SSSR count). The molecule has 1 heterocycles. The average Bonchev–Trinajstić information content (AvgIpc) is 2.75. The third-order valence-electron chi connectivity index (χ3n) is 4.06. The van der Waals surface area contributed by atoms with Crippen LogP contribution in [0.4, 0.5) is 23.3 Å². The highest BCUT2D eigenvalue weighted by Crippen LogP contribution is 2.21. The molecule has 0 spiro atoms. The minimum atomic E-state index is -0.322. The minimum absolute atomic E-state index is 0.105. The van der Waals surface area contributed by atoms with Crippen molar-refractivity contribution in [2.75, 3.05) is 23.0 Å². The third-order valence-corrected chi connectivity index (χ3v) is 5.45. The maximum absolute atomic E-state index is 12.5. The number of hydrogen-bond acceptors (Lipinski definition) is 8. The Morgan fingerprint density at radius 1 is 1.10 bits per heavy atom. The number of halogens is 1. The van der Waals surface area contributed by atoms with E-state index in [4.69, 9.17) is 22.1 Å². The van der Waals surface area contributed by atoms with Crippen molar-refractivity contribution >= 4 is 52.5 Å². The molecule has 162 valence electrons. The van der Waals surface area contributed by atoms with Gasteiger partial charge in [0.1, 0.15) is 11.6 Å². The minimum Gasteiger partial charge on any atom is -0.494 e. The highest BCUT2D eigenvalue weighted by molar-refractivity contribution is 7.99. The molecule has 0 aliphatic carbocycles. The summed E-state index contributed by atoms with van der Waals surface area (Å²) < 4.78 is 5.41. The zero-order valence-electron chi connectivity index (χ0n) is 17.1. The quantitative estimate of drug-likeness (QED) is 0.429. The zero-order valence-corrected chi connectivity index (χ0v) is 18.7. The maximum Gasteiger partial charge on any atom is 0.237 e. The van der Waals surface area contributed by atoms with Crippen molar-refractivity contribution in [1.82, 2.24) is 15.0 Å². The van der Waals surface area contributed by atoms with Gasteiger partial charge in [0.2, 0.25) is 17.8 Å². The fraction of sp³-hybridized carbons (Fsp3) is 0.238. The number of benzene rings is 2. The fourth-order valence-corrected chi connectivity index (χ4v) is 3.41. The first kappa shape index (κ1) is 22.6. The van der Waals surface area contributed by atoms with Gasteiger partial charge in [-0.2, -0.15) is 15.0 Å². The standard InChI is InChI=1S/C21H23ClN6O2S/c1-3-30-17-10-8-15(9-11-17)24-19(29)13(2)31-12-18-26-20(23)28-21(27-18)25-16-6-4-14(22)5-7-16/h4-11,13H,3,12H2,1-2H3,(H,24,29)(H3,23,25,26,27,28). The summed E-state index contributed by atoms with van der Waals surface area (Å²) in [6.45, 7) is 4.34. The Morgan fingerprint density at radius 2 is 1.77 bits per heavy atom. The number of nitrogen functional groups attached to an aromatic ring is 1. The number of anilines is 4. The molecule has 0 radical (unpaired) electrons. The first-order valence-electron chi connectivity index (χ1n) is 9.61. The molecule has 0 saturated heterocycles. The normalized spacial score (nSPS) is 11.6. The van der Waals surface area contributed by atoms with Gasteiger partial charge in [-0.3, -0.25) is 4.79 Å². The summed E-state index contributed by atoms with van der Waals surface area (Å²) in [5.74, 6) is 1.97. The second-order valence-electron chi connectivity index (χ2n) is 6.47. The average molecular weight is 459 g/mol. The van der Waals surface area contributed by atoms with Crippen LogP contribution in [0.5, 0.6) is 5.75 Å². The van der Waals surface area contributed by atoms with Crippen molar-refractivity contribution < 1.29 is 9.53 Å². The van der Waals surface area contributed by atoms with Crippen molar-refractivity contribution in [2.45, 2.75) is 24.9 Å². The Kier molecular flexibility index (Phi) is 7.91. The van der Waals surface area contributed by atoms with Gasteiger partial charge in [0, 0.05) is 16.4 Å². The van der Waals surface area contributed by atoms with E-state index in [0.29, 0.717) is 34.8 Å². The van der Waals surface area contributed by atoms with Crippen LogP contribution in [0, 0.1) is 0 Å². The second-order valence-corrected chi connectivity index (χ2v) is 8.23. The van der Waals surface area contributed by atoms with Crippen LogP contribution in [0.25, 0.3) is 0 Å². The zero-order chi connectivity index (χ0) is 22.2. The molecule has 0 aliphatic heterocycles. The monoisotopic (exact) mass is 458 g/mol. The molecule has 0 fully saturated rings. The van der Waals surface area contributed by atoms with E-state index in [-0.39, 0.29) is 17.1 Å². The van der Waals surface area contributed by atoms with Gasteiger partial charge in [0.25, 0.3) is 0 Å². The highest BCUT2D eigenvalue weighted by Gasteiger charge is 2.15. The molecule has 0 bridgehead atoms. The van der Waals surface area contributed by atoms with E-state index in [1.165, 1.54) is 11.8 Å². The Hall–Kier alpha value is -3.04. The van der Waals surface area contributed by atoms with Crippen molar-refractivity contribution in [1.29, 1.82) is 0 Å². The van der Waals surface area contributed by atoms with Crippen LogP contribution in [-0.2, 0) is 10.5 Å². The van der Waals surface area contributed by atoms with Crippen LogP contribution in [0.1, 0.15) is 19.7 Å². The summed E-state index contributed by atoms with van der Waals surface area (Å²) in [6.07, 6.45) is 0. The fourth-order valence-electron chi connectivity index (χ4n) is 2.54. The van der Waals surface area contributed by atoms with Crippen molar-refractivity contribution in [3.05, 3.63) is 59.4 Å². The van der Waals surface area contributed by atoms with Gasteiger partial charge >= 0.3 is 0 Å². The summed E-state index contributed by atoms with van der Waals surface area (Å²) in [6, 6.07) is 14.4. The van der Waals surface area contributed by atoms with Gasteiger partial charge < -0.3 is 21.1 Å². The van der Waals surface area contributed by atoms with Crippen LogP contribution >= 0.6 is 23.4 Å². The van der Waals surface area contributed by atoms with E-state index < -0.39 is 0 Å². The lowest BCUT2D eigenvalue weighted by atomic mass is 10.3. The van der Waals surface area contributed by atoms with Gasteiger partial charge in [0.15, 0.2) is 0 Å². The largest absolute Gasteiger partial charge is 0.494 e. The smallest absolute Gasteiger partial charge is 0.237 e. The molecule has 10 heteroatoms. The first-order valence-corrected chi connectivity index (χ1v) is 11.0. The number of hydrogen-bond donors (Lipinski definition) is 3. The number of carbonyl (C=O) groups excluding carboxylic acids is 1. The maximum atomic E-state index is 12.5. The number of amides is 1. The molecule has 3 aromatic rings. The van der Waals surface area contributed by atoms with Crippen LogP contribution in [0.2, 0.25) is 5.02 Å². The molecular formula is C21H23ClN6O2S. The molecule has 0 saturated carbocycles. The molecule has 2 aromatic carbocycles. The Morgan fingerprint density at radius 3 is 2.45 bits per heavy atom. The SMILES string of the molecule is CCOc1ccc(NC(=O)C(C)SCc2nc(N)nc(Nc3ccc(Cl)cc3)n2)cc1. The molecule has 1 atom stereocenters. The van der Waals surface area contributed by atoms with Crippen LogP contribution in [0.15, 0.2) is 48.5 Å². The van der Waals surface area contributed by atoms with Crippen LogP contribution in [0.3, 0.4) is 0 Å². The summed E-state index contributed by atoms with van der Waals surface area (Å²) >= 11 is 7.31. The Labute approximate surface area is 190 Å². The number of nitrogens with two attached hydrogens (primary N) is 1. The van der Waals surface area contributed by atoms with E-state index in [1.807, 2.05) is 50.2 Å². The predicted molar refractivity (Wildman–Crippen MR) is 126 cm³/mol. The molecule has 4 N–H and O–H groups in total. The Balaban J connectivity index is 1.56. The number of aromatic nitrogens is 3. The molecule has 1 amide bonds. The summed E-state index contributed by atoms with van der Waals surface area (Å²) in [5.41, 5.74) is 7.30. The summed E-state index contributed by atoms with van der Waals surface area (Å²) in [5, 5.41) is 6.27. The molecule has 1 unspecified atom stereocenters. The molecule has 8 nitrogen and oxygen atoms in total. The van der Waals surface area contributed by atoms with Gasteiger partial charge in [-0.25, -0.2) is 0 Å². The second kappa shape index (κ2) is 10.8. The van der Waals surface area contributed by atoms with Crippen molar-refractivity contribution in [2.24, 2.45) is 0 Å². The van der Waals surface area contributed by atoms with Gasteiger partial charge in [0.05, 0.1) is 17.6 Å². The Bertz CT molecular complexity index is 1020. The summed E-state index contributed by atoms with van der Waals surface area (Å²) in [4.78, 5) is 25.1. The van der Waals surface area contributed by atoms with Gasteiger partial charge in [-0.15, -0.1) is 11.8 Å². The lowest BCUT2D eigenvalue weighted by Crippen LogP contribution is -2.22. The van der Waals surface area contributed by atoms with Crippen LogP contribution in [-0.4, -0.2) is 32.7 Å². The van der Waals surface area contributed by atoms with E-state index >= 15 is 0 Å². The predicted octanol–water partition coefficient (Wildman–Crippen LogP) is 4.51. The number of ether oxygens (including phenoxy) is 1. The topological polar surface area (TPSA) is 115 Å². The van der Waals surface area contributed by atoms with E-state index in [2.05, 4.69) is 25.6 Å². The highest BCUT2D eigenvalue weighted by atomic mass is 35.5. The number of carbonyl (C=O) groups is 1. The molecule has 1 aromatic heterocycles. The van der Waals surface area contributed by atoms with E-state index in [1.54, 1.807) is 12.1 Å². The van der Waals surface area contributed by atoms with Crippen molar-refractivity contribution in [3.63, 3.8) is 0 Å². The van der Waals surface area contributed by atoms with E-state index in [0.717, 1.165) is 11.4 Å². The number of nitrogens with zero attached hydrogens (tertiary/aromatic N) is 3. The molecular weight excluding hydrogens is 436 g/mol. The lowest BCUT2D eigenvalue weighted by molar-refractivity contribution is -0.115. The lowest BCUT2D eigenvalue weighted by Gasteiger charge is -2.13. The van der Waals surface area contributed by atoms with Crippen LogP contribution < -0.4 is 21.1 Å². The number of rotatable bonds is 9. The van der Waals surface area contributed by atoms with Gasteiger partial charge in [-0.05, 0) is 62.4 Å². The molecule has 31 heavy (non-hydrogen) atoms. The third kappa shape index (κ3) is 7.01. The number of thioether (sulfide) groups is 1. The number of nitrogens with one attached hydrogen (secondary N) is 2. The van der Waals surface area contributed by atoms with E-state index in [9.17, 15) is 4.79 Å².